The van der Waals surface area contributed by atoms with Gasteiger partial charge in [0.15, 0.2) is 0 Å². The molecule has 0 aliphatic carbocycles. The highest BCUT2D eigenvalue weighted by molar-refractivity contribution is 7.99. The van der Waals surface area contributed by atoms with Gasteiger partial charge >= 0.3 is 0 Å². The third-order valence-corrected chi connectivity index (χ3v) is 2.75. The van der Waals surface area contributed by atoms with Crippen molar-refractivity contribution in [2.24, 2.45) is 7.05 Å². The zero-order valence-electron chi connectivity index (χ0n) is 7.62. The number of halogens is 1. The van der Waals surface area contributed by atoms with E-state index < -0.39 is 0 Å². The maximum Gasteiger partial charge on any atom is 0.223 e. The molecule has 9 heteroatoms. The van der Waals surface area contributed by atoms with E-state index >= 15 is 0 Å². The molecule has 2 N–H and O–H groups in total. The van der Waals surface area contributed by atoms with Gasteiger partial charge in [-0.15, -0.1) is 5.10 Å². The lowest BCUT2D eigenvalue weighted by Gasteiger charge is -2.01. The normalized spacial score (nSPS) is 10.5. The molecule has 0 fully saturated rings. The molecule has 0 spiro atoms. The quantitative estimate of drug-likeness (QED) is 0.602. The minimum atomic E-state index is 0.141. The van der Waals surface area contributed by atoms with Gasteiger partial charge in [-0.1, -0.05) is 0 Å². The SMILES string of the molecule is Cn1nnnc1Sc1nc(Cl)ncc1N. The molecular weight excluding hydrogens is 238 g/mol. The fourth-order valence-electron chi connectivity index (χ4n) is 0.831. The molecule has 2 rings (SSSR count). The lowest BCUT2D eigenvalue weighted by atomic mass is 10.6. The van der Waals surface area contributed by atoms with E-state index in [2.05, 4.69) is 25.5 Å². The number of tetrazole rings is 1. The minimum Gasteiger partial charge on any atom is -0.395 e. The third kappa shape index (κ3) is 2.16. The monoisotopic (exact) mass is 243 g/mol. The van der Waals surface area contributed by atoms with Crippen LogP contribution in [-0.2, 0) is 7.05 Å². The van der Waals surface area contributed by atoms with Crippen molar-refractivity contribution in [3.8, 4) is 0 Å². The zero-order chi connectivity index (χ0) is 10.8. The van der Waals surface area contributed by atoms with Gasteiger partial charge in [0.1, 0.15) is 5.03 Å². The lowest BCUT2D eigenvalue weighted by molar-refractivity contribution is 0.664. The van der Waals surface area contributed by atoms with Crippen molar-refractivity contribution < 1.29 is 0 Å². The predicted molar refractivity (Wildman–Crippen MR) is 54.4 cm³/mol. The molecule has 0 aromatic carbocycles. The Morgan fingerprint density at radius 3 is 3.00 bits per heavy atom. The summed E-state index contributed by atoms with van der Waals surface area (Å²) in [6.45, 7) is 0. The lowest BCUT2D eigenvalue weighted by Crippen LogP contribution is -1.97. The van der Waals surface area contributed by atoms with Crippen molar-refractivity contribution in [2.75, 3.05) is 5.73 Å². The summed E-state index contributed by atoms with van der Waals surface area (Å²) in [6.07, 6.45) is 1.45. The molecule has 7 nitrogen and oxygen atoms in total. The Labute approximate surface area is 94.0 Å². The molecule has 2 heterocycles. The molecule has 0 unspecified atom stereocenters. The molecule has 0 radical (unpaired) electrons. The van der Waals surface area contributed by atoms with E-state index in [-0.39, 0.29) is 5.28 Å². The molecule has 15 heavy (non-hydrogen) atoms. The van der Waals surface area contributed by atoms with Gasteiger partial charge in [-0.3, -0.25) is 0 Å². The van der Waals surface area contributed by atoms with Crippen molar-refractivity contribution >= 4 is 29.1 Å². The second kappa shape index (κ2) is 3.99. The highest BCUT2D eigenvalue weighted by Crippen LogP contribution is 2.27. The number of rotatable bonds is 2. The minimum absolute atomic E-state index is 0.141. The second-order valence-electron chi connectivity index (χ2n) is 2.59. The van der Waals surface area contributed by atoms with Crippen molar-refractivity contribution in [3.63, 3.8) is 0 Å². The number of hydrogen-bond acceptors (Lipinski definition) is 7. The van der Waals surface area contributed by atoms with Gasteiger partial charge in [0.2, 0.25) is 10.4 Å². The fourth-order valence-corrected chi connectivity index (χ4v) is 1.74. The van der Waals surface area contributed by atoms with Crippen LogP contribution >= 0.6 is 23.4 Å². The number of hydrogen-bond donors (Lipinski definition) is 1. The van der Waals surface area contributed by atoms with E-state index in [0.29, 0.717) is 15.9 Å². The van der Waals surface area contributed by atoms with Crippen molar-refractivity contribution in [1.82, 2.24) is 30.2 Å². The summed E-state index contributed by atoms with van der Waals surface area (Å²) >= 11 is 6.88. The van der Waals surface area contributed by atoms with Gasteiger partial charge < -0.3 is 5.73 Å². The fraction of sp³-hybridized carbons (Fsp3) is 0.167. The summed E-state index contributed by atoms with van der Waals surface area (Å²) in [5, 5.41) is 12.2. The first kappa shape index (κ1) is 10.1. The van der Waals surface area contributed by atoms with Crippen LogP contribution in [0.3, 0.4) is 0 Å². The van der Waals surface area contributed by atoms with Crippen LogP contribution in [0.4, 0.5) is 5.69 Å². The van der Waals surface area contributed by atoms with Crippen LogP contribution in [0.1, 0.15) is 0 Å². The van der Waals surface area contributed by atoms with Crippen molar-refractivity contribution in [2.45, 2.75) is 10.2 Å². The highest BCUT2D eigenvalue weighted by atomic mass is 35.5. The standard InChI is InChI=1S/C6H6ClN7S/c1-14-6(11-12-13-14)15-4-3(8)2-9-5(7)10-4/h2H,8H2,1H3. The van der Waals surface area contributed by atoms with Crippen LogP contribution in [0.2, 0.25) is 5.28 Å². The molecule has 0 saturated heterocycles. The first-order valence-electron chi connectivity index (χ1n) is 3.85. The molecule has 0 atom stereocenters. The van der Waals surface area contributed by atoms with Gasteiger partial charge in [-0.05, 0) is 33.8 Å². The Morgan fingerprint density at radius 1 is 1.53 bits per heavy atom. The maximum atomic E-state index is 5.67. The van der Waals surface area contributed by atoms with Crippen LogP contribution in [0.15, 0.2) is 16.4 Å². The van der Waals surface area contributed by atoms with Gasteiger partial charge in [0.25, 0.3) is 0 Å². The van der Waals surface area contributed by atoms with Gasteiger partial charge in [0, 0.05) is 7.05 Å². The number of anilines is 1. The van der Waals surface area contributed by atoms with E-state index in [1.54, 1.807) is 7.05 Å². The second-order valence-corrected chi connectivity index (χ2v) is 3.88. The number of nitrogen functional groups attached to an aromatic ring is 1. The summed E-state index contributed by atoms with van der Waals surface area (Å²) < 4.78 is 1.51. The number of aromatic nitrogens is 6. The maximum absolute atomic E-state index is 5.67. The molecule has 2 aromatic heterocycles. The number of nitrogens with two attached hydrogens (primary N) is 1. The Morgan fingerprint density at radius 2 is 2.33 bits per heavy atom. The summed E-state index contributed by atoms with van der Waals surface area (Å²) in [5.74, 6) is 0. The summed E-state index contributed by atoms with van der Waals surface area (Å²) in [5.41, 5.74) is 6.11. The molecule has 2 aromatic rings. The van der Waals surface area contributed by atoms with Crippen molar-refractivity contribution in [3.05, 3.63) is 11.5 Å². The number of nitrogens with zero attached hydrogens (tertiary/aromatic N) is 6. The summed E-state index contributed by atoms with van der Waals surface area (Å²) in [4.78, 5) is 7.72. The summed E-state index contributed by atoms with van der Waals surface area (Å²) in [7, 11) is 1.72. The largest absolute Gasteiger partial charge is 0.395 e. The van der Waals surface area contributed by atoms with Crippen LogP contribution in [0, 0.1) is 0 Å². The van der Waals surface area contributed by atoms with E-state index in [1.165, 1.54) is 22.6 Å². The Kier molecular flexibility index (Phi) is 2.69. The zero-order valence-corrected chi connectivity index (χ0v) is 9.20. The van der Waals surface area contributed by atoms with E-state index in [0.717, 1.165) is 0 Å². The number of aryl methyl sites for hydroxylation is 1. The van der Waals surface area contributed by atoms with Crippen LogP contribution < -0.4 is 5.73 Å². The van der Waals surface area contributed by atoms with Crippen LogP contribution in [-0.4, -0.2) is 30.2 Å². The first-order valence-corrected chi connectivity index (χ1v) is 5.04. The average molecular weight is 244 g/mol. The van der Waals surface area contributed by atoms with Gasteiger partial charge in [0.05, 0.1) is 11.9 Å². The van der Waals surface area contributed by atoms with Gasteiger partial charge in [-0.25, -0.2) is 14.6 Å². The Hall–Kier alpha value is -1.41. The van der Waals surface area contributed by atoms with E-state index in [4.69, 9.17) is 17.3 Å². The molecule has 0 aliphatic heterocycles. The Balaban J connectivity index is 2.32. The van der Waals surface area contributed by atoms with E-state index in [9.17, 15) is 0 Å². The van der Waals surface area contributed by atoms with Crippen LogP contribution in [0.5, 0.6) is 0 Å². The molecule has 78 valence electrons. The van der Waals surface area contributed by atoms with Crippen LogP contribution in [0.25, 0.3) is 0 Å². The van der Waals surface area contributed by atoms with E-state index in [1.807, 2.05) is 0 Å². The van der Waals surface area contributed by atoms with Gasteiger partial charge in [-0.2, -0.15) is 0 Å². The Bertz CT molecular complexity index is 484. The third-order valence-electron chi connectivity index (χ3n) is 1.52. The molecular formula is C6H6ClN7S. The molecule has 0 amide bonds. The predicted octanol–water partition coefficient (Wildman–Crippen LogP) is 0.387. The smallest absolute Gasteiger partial charge is 0.223 e. The average Bonchev–Trinajstić information content (AvgIpc) is 2.58. The summed E-state index contributed by atoms with van der Waals surface area (Å²) in [6, 6.07) is 0. The van der Waals surface area contributed by atoms with Crippen molar-refractivity contribution in [1.29, 1.82) is 0 Å². The first-order chi connectivity index (χ1) is 7.16. The highest BCUT2D eigenvalue weighted by Gasteiger charge is 2.10. The molecule has 0 bridgehead atoms. The molecule has 0 saturated carbocycles. The topological polar surface area (TPSA) is 95.4 Å². The molecule has 0 aliphatic rings.